The molecule has 110 valence electrons. The number of aliphatic hydroxyl groups excluding tert-OH is 1. The predicted molar refractivity (Wildman–Crippen MR) is 82.6 cm³/mol. The van der Waals surface area contributed by atoms with Crippen molar-refractivity contribution >= 4 is 23.4 Å². The summed E-state index contributed by atoms with van der Waals surface area (Å²) in [5, 5.41) is 9.54. The molecule has 2 aromatic rings. The van der Waals surface area contributed by atoms with Gasteiger partial charge in [-0.3, -0.25) is 4.79 Å². The van der Waals surface area contributed by atoms with E-state index < -0.39 is 6.04 Å². The summed E-state index contributed by atoms with van der Waals surface area (Å²) >= 11 is 0. The maximum Gasteiger partial charge on any atom is 0.195 e. The van der Waals surface area contributed by atoms with Crippen LogP contribution in [-0.4, -0.2) is 17.8 Å². The van der Waals surface area contributed by atoms with Gasteiger partial charge in [-0.2, -0.15) is 0 Å². The molecule has 2 rings (SSSR count). The van der Waals surface area contributed by atoms with E-state index in [0.29, 0.717) is 28.9 Å². The van der Waals surface area contributed by atoms with Gasteiger partial charge >= 0.3 is 0 Å². The zero-order chi connectivity index (χ0) is 14.0. The molecule has 0 aliphatic carbocycles. The number of fused-ring (bicyclic) bond motifs is 1. The highest BCUT2D eigenvalue weighted by Crippen LogP contribution is 2.19. The molecule has 0 saturated heterocycles. The molecule has 3 N–H and O–H groups in total. The smallest absolute Gasteiger partial charge is 0.195 e. The van der Waals surface area contributed by atoms with Gasteiger partial charge in [-0.1, -0.05) is 19.9 Å². The molecule has 4 nitrogen and oxygen atoms in total. The highest BCUT2D eigenvalue weighted by atomic mass is 35.5. The second-order valence-electron chi connectivity index (χ2n) is 5.15. The van der Waals surface area contributed by atoms with Gasteiger partial charge in [0.1, 0.15) is 5.58 Å². The molecule has 20 heavy (non-hydrogen) atoms. The van der Waals surface area contributed by atoms with E-state index in [-0.39, 0.29) is 24.4 Å². The summed E-state index contributed by atoms with van der Waals surface area (Å²) in [6, 6.07) is 5.23. The Kier molecular flexibility index (Phi) is 5.74. The molecule has 1 atom stereocenters. The number of hydrogen-bond acceptors (Lipinski definition) is 4. The van der Waals surface area contributed by atoms with Crippen LogP contribution in [0.2, 0.25) is 0 Å². The fourth-order valence-corrected chi connectivity index (χ4v) is 2.04. The summed E-state index contributed by atoms with van der Waals surface area (Å²) in [5.74, 6) is 0.354. The fourth-order valence-electron chi connectivity index (χ4n) is 2.04. The van der Waals surface area contributed by atoms with Crippen LogP contribution in [-0.2, 0) is 6.42 Å². The van der Waals surface area contributed by atoms with Crippen LogP contribution in [0.5, 0.6) is 0 Å². The van der Waals surface area contributed by atoms with Crippen LogP contribution in [0.1, 0.15) is 30.9 Å². The van der Waals surface area contributed by atoms with Gasteiger partial charge in [0.25, 0.3) is 0 Å². The first-order chi connectivity index (χ1) is 9.02. The van der Waals surface area contributed by atoms with Crippen molar-refractivity contribution < 1.29 is 9.52 Å². The van der Waals surface area contributed by atoms with E-state index in [2.05, 4.69) is 13.8 Å². The second kappa shape index (κ2) is 6.88. The average Bonchev–Trinajstić information content (AvgIpc) is 2.41. The fraction of sp³-hybridized carbons (Fsp3) is 0.400. The van der Waals surface area contributed by atoms with Crippen molar-refractivity contribution in [2.45, 2.75) is 32.2 Å². The summed E-state index contributed by atoms with van der Waals surface area (Å²) in [4.78, 5) is 12.4. The molecule has 0 aliphatic rings. The lowest BCUT2D eigenvalue weighted by Gasteiger charge is -2.09. The lowest BCUT2D eigenvalue weighted by molar-refractivity contribution is 0.265. The predicted octanol–water partition coefficient (Wildman–Crippen LogP) is 2.20. The molecule has 0 fully saturated rings. The first-order valence-electron chi connectivity index (χ1n) is 6.43. The molecule has 5 heteroatoms. The van der Waals surface area contributed by atoms with Crippen molar-refractivity contribution in [1.82, 2.24) is 0 Å². The molecule has 1 aromatic heterocycles. The number of hydrogen-bond donors (Lipinski definition) is 2. The Balaban J connectivity index is 0.00000200. The number of nitrogens with two attached hydrogens (primary N) is 1. The molecular formula is C15H20ClNO3. The van der Waals surface area contributed by atoms with Gasteiger partial charge in [-0.15, -0.1) is 12.4 Å². The number of benzene rings is 1. The largest absolute Gasteiger partial charge is 0.464 e. The number of rotatable bonds is 4. The topological polar surface area (TPSA) is 76.5 Å². The summed E-state index contributed by atoms with van der Waals surface area (Å²) in [6.45, 7) is 4.01. The number of aliphatic hydroxyl groups is 1. The highest BCUT2D eigenvalue weighted by molar-refractivity contribution is 5.85. The molecule has 0 amide bonds. The quantitative estimate of drug-likeness (QED) is 0.907. The van der Waals surface area contributed by atoms with Gasteiger partial charge in [0.15, 0.2) is 5.43 Å². The minimum absolute atomic E-state index is 0. The monoisotopic (exact) mass is 297 g/mol. The van der Waals surface area contributed by atoms with Crippen molar-refractivity contribution in [2.75, 3.05) is 6.61 Å². The Morgan fingerprint density at radius 1 is 1.35 bits per heavy atom. The van der Waals surface area contributed by atoms with E-state index in [1.807, 2.05) is 18.2 Å². The Morgan fingerprint density at radius 3 is 2.65 bits per heavy atom. The maximum absolute atomic E-state index is 12.4. The van der Waals surface area contributed by atoms with Gasteiger partial charge in [0, 0.05) is 11.6 Å². The standard InChI is InChI=1S/C15H19NO3.ClH/c1-9(2)10-3-4-14-13(6-10)15(18)11(8-19-14)5-12(16)7-17;/h3-4,6,8-9,12,17H,5,7,16H2,1-2H3;1H. The molecule has 1 aromatic carbocycles. The van der Waals surface area contributed by atoms with E-state index in [9.17, 15) is 4.79 Å². The molecule has 0 spiro atoms. The minimum Gasteiger partial charge on any atom is -0.464 e. The third-order valence-corrected chi connectivity index (χ3v) is 3.25. The van der Waals surface area contributed by atoms with E-state index in [4.69, 9.17) is 15.3 Å². The van der Waals surface area contributed by atoms with Crippen molar-refractivity contribution in [3.05, 3.63) is 45.8 Å². The van der Waals surface area contributed by atoms with Crippen LogP contribution < -0.4 is 11.2 Å². The van der Waals surface area contributed by atoms with Crippen molar-refractivity contribution in [1.29, 1.82) is 0 Å². The minimum atomic E-state index is -0.436. The average molecular weight is 298 g/mol. The molecule has 0 radical (unpaired) electrons. The zero-order valence-corrected chi connectivity index (χ0v) is 12.4. The SMILES string of the molecule is CC(C)c1ccc2occ(CC(N)CO)c(=O)c2c1.Cl. The lowest BCUT2D eigenvalue weighted by atomic mass is 10.00. The molecule has 0 aliphatic heterocycles. The summed E-state index contributed by atoms with van der Waals surface area (Å²) in [5.41, 5.74) is 7.79. The molecule has 0 saturated carbocycles. The van der Waals surface area contributed by atoms with Gasteiger partial charge in [0.2, 0.25) is 0 Å². The lowest BCUT2D eigenvalue weighted by Crippen LogP contribution is -2.29. The van der Waals surface area contributed by atoms with E-state index >= 15 is 0 Å². The molecule has 0 bridgehead atoms. The van der Waals surface area contributed by atoms with Crippen molar-refractivity contribution in [3.8, 4) is 0 Å². The Hall–Kier alpha value is -1.36. The van der Waals surface area contributed by atoms with Crippen molar-refractivity contribution in [3.63, 3.8) is 0 Å². The van der Waals surface area contributed by atoms with Gasteiger partial charge in [-0.25, -0.2) is 0 Å². The van der Waals surface area contributed by atoms with Gasteiger partial charge in [0.05, 0.1) is 18.3 Å². The van der Waals surface area contributed by atoms with Crippen LogP contribution in [0.3, 0.4) is 0 Å². The maximum atomic E-state index is 12.4. The van der Waals surface area contributed by atoms with Gasteiger partial charge in [-0.05, 0) is 30.0 Å². The summed E-state index contributed by atoms with van der Waals surface area (Å²) in [7, 11) is 0. The third-order valence-electron chi connectivity index (χ3n) is 3.25. The highest BCUT2D eigenvalue weighted by Gasteiger charge is 2.11. The summed E-state index contributed by atoms with van der Waals surface area (Å²) < 4.78 is 5.47. The molecular weight excluding hydrogens is 278 g/mol. The third kappa shape index (κ3) is 3.39. The van der Waals surface area contributed by atoms with Crippen LogP contribution in [0, 0.1) is 0 Å². The molecule has 1 unspecified atom stereocenters. The van der Waals surface area contributed by atoms with Crippen LogP contribution in [0.4, 0.5) is 0 Å². The van der Waals surface area contributed by atoms with E-state index in [1.165, 1.54) is 6.26 Å². The Morgan fingerprint density at radius 2 is 2.05 bits per heavy atom. The van der Waals surface area contributed by atoms with Crippen LogP contribution >= 0.6 is 12.4 Å². The van der Waals surface area contributed by atoms with E-state index in [1.54, 1.807) is 0 Å². The van der Waals surface area contributed by atoms with Crippen LogP contribution in [0.25, 0.3) is 11.0 Å². The number of halogens is 1. The zero-order valence-electron chi connectivity index (χ0n) is 11.6. The summed E-state index contributed by atoms with van der Waals surface area (Å²) in [6.07, 6.45) is 1.76. The van der Waals surface area contributed by atoms with Crippen LogP contribution in [0.15, 0.2) is 33.7 Å². The second-order valence-corrected chi connectivity index (χ2v) is 5.15. The van der Waals surface area contributed by atoms with E-state index in [0.717, 1.165) is 5.56 Å². The van der Waals surface area contributed by atoms with Crippen molar-refractivity contribution in [2.24, 2.45) is 5.73 Å². The molecule has 1 heterocycles. The normalized spacial score (nSPS) is 12.4. The van der Waals surface area contributed by atoms with Gasteiger partial charge < -0.3 is 15.3 Å². The Labute approximate surface area is 124 Å². The first-order valence-corrected chi connectivity index (χ1v) is 6.43. The Bertz CT molecular complexity index is 637. The first kappa shape index (κ1) is 16.7.